The zero-order valence-corrected chi connectivity index (χ0v) is 41.8. The summed E-state index contributed by atoms with van der Waals surface area (Å²) in [6.45, 7) is 14.1. The number of hydrogen-bond acceptors (Lipinski definition) is 4. The van der Waals surface area contributed by atoms with Crippen molar-refractivity contribution in [2.24, 2.45) is 0 Å². The molecule has 354 valence electrons. The molecular formula is C68H56N4O. The number of pyridine rings is 1. The first-order chi connectivity index (χ1) is 37.5. The third-order valence-electron chi connectivity index (χ3n) is 14.6. The molecule has 4 heterocycles. The number of anilines is 4. The molecule has 73 heavy (non-hydrogen) atoms. The van der Waals surface area contributed by atoms with E-state index in [0.717, 1.165) is 94.8 Å². The fourth-order valence-electron chi connectivity index (χ4n) is 10.8. The highest BCUT2D eigenvalue weighted by Gasteiger charge is 2.33. The van der Waals surface area contributed by atoms with Crippen molar-refractivity contribution in [3.8, 4) is 73.1 Å². The molecule has 9 aromatic carbocycles. The molecule has 0 spiro atoms. The fourth-order valence-corrected chi connectivity index (χ4v) is 10.8. The van der Waals surface area contributed by atoms with E-state index in [0.29, 0.717) is 29.5 Å². The van der Waals surface area contributed by atoms with Crippen LogP contribution in [0.4, 0.5) is 22.7 Å². The van der Waals surface area contributed by atoms with E-state index >= 15 is 0 Å². The first kappa shape index (κ1) is 39.0. The van der Waals surface area contributed by atoms with Gasteiger partial charge in [0.2, 0.25) is 0 Å². The predicted octanol–water partition coefficient (Wildman–Crippen LogP) is 18.5. The second kappa shape index (κ2) is 17.0. The summed E-state index contributed by atoms with van der Waals surface area (Å²) in [4.78, 5) is 10.4. The van der Waals surface area contributed by atoms with Crippen molar-refractivity contribution in [1.29, 1.82) is 0 Å². The van der Waals surface area contributed by atoms with Gasteiger partial charge in [-0.1, -0.05) is 169 Å². The van der Waals surface area contributed by atoms with Crippen molar-refractivity contribution in [1.82, 2.24) is 9.55 Å². The van der Waals surface area contributed by atoms with Crippen LogP contribution >= 0.6 is 0 Å². The quantitative estimate of drug-likeness (QED) is 0.173. The lowest BCUT2D eigenvalue weighted by Gasteiger charge is -2.31. The highest BCUT2D eigenvalue weighted by Crippen LogP contribution is 2.53. The number of ether oxygens (including phenoxy) is 1. The van der Waals surface area contributed by atoms with Gasteiger partial charge in [-0.25, -0.2) is 4.98 Å². The third-order valence-corrected chi connectivity index (χ3v) is 14.6. The summed E-state index contributed by atoms with van der Waals surface area (Å²) in [6, 6.07) is 64.7. The Kier molecular flexibility index (Phi) is 9.08. The Hall–Kier alpha value is -8.67. The molecule has 2 aliphatic heterocycles. The van der Waals surface area contributed by atoms with Gasteiger partial charge in [-0.2, -0.15) is 0 Å². The number of benzene rings is 9. The summed E-state index contributed by atoms with van der Waals surface area (Å²) in [7, 11) is 0. The Morgan fingerprint density at radius 1 is 0.452 bits per heavy atom. The van der Waals surface area contributed by atoms with E-state index in [1.54, 1.807) is 0 Å². The van der Waals surface area contributed by atoms with Gasteiger partial charge in [0.25, 0.3) is 0 Å². The molecule has 2 aliphatic rings. The van der Waals surface area contributed by atoms with E-state index in [-0.39, 0.29) is 40.6 Å². The van der Waals surface area contributed by atoms with Crippen LogP contribution < -0.4 is 14.5 Å². The minimum absolute atomic E-state index is 0.151. The predicted molar refractivity (Wildman–Crippen MR) is 305 cm³/mol. The van der Waals surface area contributed by atoms with E-state index < -0.39 is 6.04 Å². The molecule has 0 radical (unpaired) electrons. The third kappa shape index (κ3) is 7.75. The van der Waals surface area contributed by atoms with Gasteiger partial charge >= 0.3 is 0 Å². The Morgan fingerprint density at radius 3 is 1.92 bits per heavy atom. The normalized spacial score (nSPS) is 14.0. The molecule has 0 fully saturated rings. The van der Waals surface area contributed by atoms with Crippen molar-refractivity contribution >= 4 is 44.6 Å². The molecule has 0 saturated carbocycles. The molecule has 11 aromatic rings. The second-order valence-corrected chi connectivity index (χ2v) is 21.3. The van der Waals surface area contributed by atoms with Crippen molar-refractivity contribution < 1.29 is 11.6 Å². The minimum atomic E-state index is -0.423. The first-order valence-corrected chi connectivity index (χ1v) is 25.0. The Labute approximate surface area is 435 Å². The van der Waals surface area contributed by atoms with Crippen LogP contribution in [0.3, 0.4) is 0 Å². The lowest BCUT2D eigenvalue weighted by atomic mass is 9.81. The fraction of sp³-hybridized carbons (Fsp3) is 0.132. The number of para-hydroxylation sites is 2. The monoisotopic (exact) mass is 949 g/mol. The van der Waals surface area contributed by atoms with E-state index in [9.17, 15) is 0 Å². The summed E-state index contributed by atoms with van der Waals surface area (Å²) in [5.41, 5.74) is 17.0. The number of aromatic nitrogens is 2. The Morgan fingerprint density at radius 2 is 1.12 bits per heavy atom. The molecule has 0 amide bonds. The average Bonchev–Trinajstić information content (AvgIpc) is 4.20. The van der Waals surface area contributed by atoms with Crippen LogP contribution in [0.5, 0.6) is 11.5 Å². The molecule has 0 aliphatic carbocycles. The maximum absolute atomic E-state index is 8.90. The summed E-state index contributed by atoms with van der Waals surface area (Å²) >= 11 is 0. The zero-order chi connectivity index (χ0) is 53.9. The van der Waals surface area contributed by atoms with Gasteiger partial charge in [-0.05, 0) is 134 Å². The van der Waals surface area contributed by atoms with E-state index in [1.807, 2.05) is 42.5 Å². The van der Waals surface area contributed by atoms with Crippen LogP contribution in [0.15, 0.2) is 218 Å². The standard InChI is InChI=1S/C68H56N4O/c1-67(2,3)49-37-57(45-21-11-8-12-22-45)66-59(38-49)55-28-14-13-27-54(55)47-23-17-24-48(35-47)60-39-50(68(4,5)6)40-65(69-60)72-61-34-31-46(44-19-9-7-10-20-44)36-58(61)56-33-32-53(42-64(56)72)73-52-26-18-25-51(41-52)70-43-71(66)63-30-16-15-29-62(63)70/h7-42H,43H2,1-6H3/i7D,9D,10D,19D,20D. The second-order valence-electron chi connectivity index (χ2n) is 21.3. The zero-order valence-electron chi connectivity index (χ0n) is 46.8. The minimum Gasteiger partial charge on any atom is -0.457 e. The maximum Gasteiger partial charge on any atom is 0.138 e. The van der Waals surface area contributed by atoms with Gasteiger partial charge in [0.15, 0.2) is 0 Å². The van der Waals surface area contributed by atoms with Crippen LogP contribution in [0.25, 0.3) is 83.4 Å². The van der Waals surface area contributed by atoms with Gasteiger partial charge in [0, 0.05) is 45.3 Å². The van der Waals surface area contributed by atoms with Crippen LogP contribution in [-0.2, 0) is 10.8 Å². The topological polar surface area (TPSA) is 33.5 Å². The highest BCUT2D eigenvalue weighted by atomic mass is 16.5. The smallest absolute Gasteiger partial charge is 0.138 e. The molecular weight excluding hydrogens is 889 g/mol. The average molecular weight is 950 g/mol. The van der Waals surface area contributed by atoms with Gasteiger partial charge < -0.3 is 14.5 Å². The van der Waals surface area contributed by atoms with Crippen LogP contribution in [0.1, 0.15) is 59.5 Å². The van der Waals surface area contributed by atoms with E-state index in [4.69, 9.17) is 16.6 Å². The van der Waals surface area contributed by atoms with Crippen molar-refractivity contribution in [2.45, 2.75) is 52.4 Å². The van der Waals surface area contributed by atoms with Crippen molar-refractivity contribution in [3.05, 3.63) is 229 Å². The number of nitrogens with zero attached hydrogens (tertiary/aromatic N) is 4. The molecule has 0 N–H and O–H groups in total. The summed E-state index contributed by atoms with van der Waals surface area (Å²) in [6.07, 6.45) is 0. The molecule has 5 nitrogen and oxygen atoms in total. The molecule has 10 bridgehead atoms. The molecule has 2 aromatic heterocycles. The summed E-state index contributed by atoms with van der Waals surface area (Å²) in [5, 5.41) is 1.72. The van der Waals surface area contributed by atoms with Gasteiger partial charge in [-0.15, -0.1) is 0 Å². The molecule has 0 saturated heterocycles. The summed E-state index contributed by atoms with van der Waals surface area (Å²) in [5.74, 6) is 2.00. The van der Waals surface area contributed by atoms with E-state index in [1.165, 1.54) is 5.56 Å². The Balaban J connectivity index is 1.11. The Bertz CT molecular complexity index is 4240. The molecule has 0 atom stereocenters. The van der Waals surface area contributed by atoms with Gasteiger partial charge in [0.1, 0.15) is 24.0 Å². The van der Waals surface area contributed by atoms with Crippen LogP contribution in [0, 0.1) is 0 Å². The first-order valence-electron chi connectivity index (χ1n) is 27.5. The van der Waals surface area contributed by atoms with E-state index in [2.05, 4.69) is 202 Å². The number of rotatable bonds is 2. The number of fused-ring (bicyclic) bond motifs is 23. The largest absolute Gasteiger partial charge is 0.457 e. The lowest BCUT2D eigenvalue weighted by molar-refractivity contribution is 0.483. The molecule has 5 heteroatoms. The molecule has 0 unspecified atom stereocenters. The van der Waals surface area contributed by atoms with Gasteiger partial charge in [0.05, 0.1) is 40.6 Å². The van der Waals surface area contributed by atoms with Crippen LogP contribution in [-0.4, -0.2) is 16.2 Å². The van der Waals surface area contributed by atoms with Gasteiger partial charge in [-0.3, -0.25) is 4.57 Å². The summed E-state index contributed by atoms with van der Waals surface area (Å²) < 4.78 is 52.2. The van der Waals surface area contributed by atoms with Crippen LogP contribution in [0.2, 0.25) is 0 Å². The lowest BCUT2D eigenvalue weighted by Crippen LogP contribution is -2.25. The maximum atomic E-state index is 8.90. The van der Waals surface area contributed by atoms with Crippen molar-refractivity contribution in [2.75, 3.05) is 16.5 Å². The number of hydrogen-bond donors (Lipinski definition) is 0. The molecule has 13 rings (SSSR count). The SMILES string of the molecule is [2H]c1c([2H])c([2H])c(-c2ccc3c(c2)c2ccc4cc2n3-c2cc(C(C)(C)C)cc(n2)-c2cccc(c2)-c2ccccc2-c2cc(C(C)(C)C)cc(-c3ccccc3)c2N2CN(c3cccc(c3)O4)c3ccccc32)c([2H])c1[2H]. The highest BCUT2D eigenvalue weighted by molar-refractivity contribution is 6.11. The van der Waals surface area contributed by atoms with Crippen molar-refractivity contribution in [3.63, 3.8) is 0 Å².